The normalized spacial score (nSPS) is 12.2. The van der Waals surface area contributed by atoms with Gasteiger partial charge in [-0.1, -0.05) is 101 Å². The van der Waals surface area contributed by atoms with Gasteiger partial charge in [0.2, 0.25) is 0 Å². The fraction of sp³-hybridized carbons (Fsp3) is 0.529. The average Bonchev–Trinajstić information content (AvgIpc) is 2.91. The molecule has 0 spiro atoms. The van der Waals surface area contributed by atoms with Crippen LogP contribution in [0.15, 0.2) is 60.7 Å². The van der Waals surface area contributed by atoms with Crippen molar-refractivity contribution < 1.29 is 9.53 Å². The summed E-state index contributed by atoms with van der Waals surface area (Å²) in [5.74, 6) is 13.2. The second-order valence-electron chi connectivity index (χ2n) is 10.8. The lowest BCUT2D eigenvalue weighted by atomic mass is 10.1. The van der Waals surface area contributed by atoms with Gasteiger partial charge in [0.1, 0.15) is 0 Å². The van der Waals surface area contributed by atoms with Crippen molar-refractivity contribution in [3.05, 3.63) is 60.7 Å². The highest BCUT2D eigenvalue weighted by molar-refractivity contribution is 6.99. The molecule has 0 radical (unpaired) electrons. The summed E-state index contributed by atoms with van der Waals surface area (Å²) in [7, 11) is -2.51. The van der Waals surface area contributed by atoms with E-state index in [1.54, 1.807) is 0 Å². The van der Waals surface area contributed by atoms with Crippen molar-refractivity contribution in [1.29, 1.82) is 0 Å². The highest BCUT2D eigenvalue weighted by atomic mass is 28.4. The third-order valence-electron chi connectivity index (χ3n) is 6.87. The first-order chi connectivity index (χ1) is 18.0. The van der Waals surface area contributed by atoms with Gasteiger partial charge in [0.25, 0.3) is 8.32 Å². The van der Waals surface area contributed by atoms with Crippen molar-refractivity contribution >= 4 is 18.7 Å². The Morgan fingerprint density at radius 3 is 1.59 bits per heavy atom. The van der Waals surface area contributed by atoms with E-state index in [2.05, 4.69) is 112 Å². The molecule has 0 aliphatic rings. The summed E-state index contributed by atoms with van der Waals surface area (Å²) in [6, 6.07) is 21.8. The van der Waals surface area contributed by atoms with E-state index in [0.29, 0.717) is 0 Å². The zero-order chi connectivity index (χ0) is 26.8. The molecule has 1 N–H and O–H groups in total. The number of unbranched alkanes of at least 4 members (excludes halogenated alkanes) is 6. The van der Waals surface area contributed by atoms with Crippen LogP contribution in [0.25, 0.3) is 0 Å². The van der Waals surface area contributed by atoms with Gasteiger partial charge in [-0.2, -0.15) is 0 Å². The number of hydrogen-bond donors (Lipinski definition) is 1. The molecule has 0 saturated heterocycles. The van der Waals surface area contributed by atoms with Gasteiger partial charge < -0.3 is 9.53 Å². The zero-order valence-corrected chi connectivity index (χ0v) is 24.7. The van der Waals surface area contributed by atoms with E-state index in [9.17, 15) is 0 Å². The molecule has 1 atom stereocenters. The summed E-state index contributed by atoms with van der Waals surface area (Å²) in [5.41, 5.74) is 0. The van der Waals surface area contributed by atoms with Gasteiger partial charge in [0.15, 0.2) is 0 Å². The Morgan fingerprint density at radius 1 is 0.703 bits per heavy atom. The molecule has 2 nitrogen and oxygen atoms in total. The summed E-state index contributed by atoms with van der Waals surface area (Å²) in [5, 5.41) is 11.4. The van der Waals surface area contributed by atoms with Crippen LogP contribution in [0.3, 0.4) is 0 Å². The Labute approximate surface area is 228 Å². The molecule has 0 heterocycles. The molecule has 0 bridgehead atoms. The molecule has 2 aromatic rings. The lowest BCUT2D eigenvalue weighted by molar-refractivity contribution is 0.175. The van der Waals surface area contributed by atoms with Crippen LogP contribution in [0.1, 0.15) is 98.3 Å². The number of rotatable bonds is 14. The molecule has 2 aromatic carbocycles. The Hall–Kier alpha value is -2.30. The molecule has 3 heteroatoms. The molecule has 0 aromatic heterocycles. The summed E-state index contributed by atoms with van der Waals surface area (Å²) >= 11 is 0. The topological polar surface area (TPSA) is 29.5 Å². The predicted molar refractivity (Wildman–Crippen MR) is 162 cm³/mol. The number of benzene rings is 2. The highest BCUT2D eigenvalue weighted by Gasteiger charge is 2.51. The number of hydrogen-bond acceptors (Lipinski definition) is 2. The van der Waals surface area contributed by atoms with E-state index in [1.165, 1.54) is 29.6 Å². The minimum atomic E-state index is -2.51. The quantitative estimate of drug-likeness (QED) is 0.163. The highest BCUT2D eigenvalue weighted by Crippen LogP contribution is 2.38. The van der Waals surface area contributed by atoms with E-state index < -0.39 is 8.32 Å². The van der Waals surface area contributed by atoms with E-state index in [-0.39, 0.29) is 17.7 Å². The van der Waals surface area contributed by atoms with Crippen LogP contribution < -0.4 is 10.4 Å². The molecule has 37 heavy (non-hydrogen) atoms. The molecule has 0 fully saturated rings. The fourth-order valence-electron chi connectivity index (χ4n) is 4.82. The Morgan fingerprint density at radius 2 is 1.16 bits per heavy atom. The van der Waals surface area contributed by atoms with Crippen LogP contribution in [0.5, 0.6) is 0 Å². The lowest BCUT2D eigenvalue weighted by Crippen LogP contribution is -2.67. The molecular weight excluding hydrogens is 468 g/mol. The molecule has 2 rings (SSSR count). The molecular formula is C34H48O2Si. The van der Waals surface area contributed by atoms with Crippen molar-refractivity contribution in [1.82, 2.24) is 0 Å². The third-order valence-corrected chi connectivity index (χ3v) is 12.0. The second kappa shape index (κ2) is 17.3. The maximum atomic E-state index is 8.76. The Kier molecular flexibility index (Phi) is 14.4. The maximum Gasteiger partial charge on any atom is 0.261 e. The maximum absolute atomic E-state index is 8.76. The summed E-state index contributed by atoms with van der Waals surface area (Å²) in [4.78, 5) is 0. The Balaban J connectivity index is 1.92. The smallest absolute Gasteiger partial charge is 0.261 e. The van der Waals surface area contributed by atoms with Crippen molar-refractivity contribution in [3.63, 3.8) is 0 Å². The van der Waals surface area contributed by atoms with Crippen molar-refractivity contribution in [2.75, 3.05) is 6.61 Å². The van der Waals surface area contributed by atoms with Gasteiger partial charge in [0, 0.05) is 38.4 Å². The van der Waals surface area contributed by atoms with Crippen molar-refractivity contribution in [2.24, 2.45) is 0 Å². The fourth-order valence-corrected chi connectivity index (χ4v) is 9.62. The van der Waals surface area contributed by atoms with Crippen LogP contribution in [0.2, 0.25) is 5.04 Å². The molecule has 0 aliphatic heterocycles. The van der Waals surface area contributed by atoms with E-state index in [4.69, 9.17) is 9.53 Å². The van der Waals surface area contributed by atoms with Crippen molar-refractivity contribution in [3.8, 4) is 23.7 Å². The summed E-state index contributed by atoms with van der Waals surface area (Å²) in [6.07, 6.45) is 11.4. The van der Waals surface area contributed by atoms with Crippen molar-refractivity contribution in [2.45, 2.75) is 109 Å². The minimum absolute atomic E-state index is 0.000184. The monoisotopic (exact) mass is 516 g/mol. The molecule has 1 unspecified atom stereocenters. The lowest BCUT2D eigenvalue weighted by Gasteiger charge is -2.45. The van der Waals surface area contributed by atoms with Crippen LogP contribution in [0, 0.1) is 23.7 Å². The van der Waals surface area contributed by atoms with Gasteiger partial charge >= 0.3 is 0 Å². The first-order valence-electron chi connectivity index (χ1n) is 14.3. The molecule has 200 valence electrons. The first-order valence-corrected chi connectivity index (χ1v) is 16.2. The zero-order valence-electron chi connectivity index (χ0n) is 23.7. The summed E-state index contributed by atoms with van der Waals surface area (Å²) in [6.45, 7) is 9.51. The SMILES string of the molecule is CCC(CCC#CCCCCCCC#CCCCO)O[Si](c1ccccc1)(c1ccccc1)C(C)(C)C. The third kappa shape index (κ3) is 10.2. The molecule has 0 saturated carbocycles. The van der Waals surface area contributed by atoms with E-state index >= 15 is 0 Å². The van der Waals surface area contributed by atoms with Crippen LogP contribution in [-0.2, 0) is 4.43 Å². The minimum Gasteiger partial charge on any atom is -0.404 e. The second-order valence-corrected chi connectivity index (χ2v) is 15.1. The van der Waals surface area contributed by atoms with Gasteiger partial charge in [-0.15, -0.1) is 23.7 Å². The van der Waals surface area contributed by atoms with Gasteiger partial charge in [0.05, 0.1) is 0 Å². The number of aliphatic hydroxyl groups excluding tert-OH is 1. The summed E-state index contributed by atoms with van der Waals surface area (Å²) < 4.78 is 7.29. The van der Waals surface area contributed by atoms with Gasteiger partial charge in [-0.05, 0) is 47.5 Å². The first kappa shape index (κ1) is 30.9. The van der Waals surface area contributed by atoms with Crippen LogP contribution in [-0.4, -0.2) is 26.1 Å². The largest absolute Gasteiger partial charge is 0.404 e. The van der Waals surface area contributed by atoms with E-state index in [0.717, 1.165) is 51.4 Å². The predicted octanol–water partition coefficient (Wildman–Crippen LogP) is 7.24. The van der Waals surface area contributed by atoms with Gasteiger partial charge in [-0.3, -0.25) is 0 Å². The van der Waals surface area contributed by atoms with E-state index in [1.807, 2.05) is 0 Å². The molecule has 0 amide bonds. The number of aliphatic hydroxyl groups is 1. The standard InChI is InChI=1S/C34H48O2Si/c1-5-31(25-19-15-13-11-9-7-6-8-10-12-14-16-24-30-35)36-37(34(2,3)4,32-26-20-17-21-27-32)33-28-22-18-23-29-33/h17-18,20-23,26-29,31,35H,5-11,16,19,24-25,30H2,1-4H3. The average molecular weight is 517 g/mol. The van der Waals surface area contributed by atoms with Crippen LogP contribution >= 0.6 is 0 Å². The van der Waals surface area contributed by atoms with Crippen LogP contribution in [0.4, 0.5) is 0 Å². The Bertz CT molecular complexity index is 947. The van der Waals surface area contributed by atoms with Gasteiger partial charge in [-0.25, -0.2) is 0 Å². The molecule has 0 aliphatic carbocycles.